The minimum absolute atomic E-state index is 0.0597. The van der Waals surface area contributed by atoms with E-state index >= 15 is 0 Å². The van der Waals surface area contributed by atoms with Crippen LogP contribution in [0.5, 0.6) is 0 Å². The van der Waals surface area contributed by atoms with Gasteiger partial charge in [-0.2, -0.15) is 0 Å². The maximum absolute atomic E-state index is 14.5. The van der Waals surface area contributed by atoms with Crippen molar-refractivity contribution in [2.45, 2.75) is 38.8 Å². The first-order valence-electron chi connectivity index (χ1n) is 10.0. The highest BCUT2D eigenvalue weighted by molar-refractivity contribution is 6.31. The number of urea groups is 1. The van der Waals surface area contributed by atoms with E-state index in [1.165, 1.54) is 0 Å². The Morgan fingerprint density at radius 3 is 3.07 bits per heavy atom. The predicted octanol–water partition coefficient (Wildman–Crippen LogP) is 4.16. The molecule has 4 heterocycles. The fraction of sp³-hybridized carbons (Fsp3) is 0.400. The van der Waals surface area contributed by atoms with E-state index in [4.69, 9.17) is 11.6 Å². The number of carbonyl (C=O) groups is 1. The number of piperidine rings is 1. The van der Waals surface area contributed by atoms with Gasteiger partial charge >= 0.3 is 6.03 Å². The molecule has 1 aliphatic heterocycles. The van der Waals surface area contributed by atoms with Crippen LogP contribution in [0.3, 0.4) is 0 Å². The third-order valence-electron chi connectivity index (χ3n) is 5.08. The molecular formula is C20H23ClFN7O. The van der Waals surface area contributed by atoms with Gasteiger partial charge in [-0.05, 0) is 31.7 Å². The van der Waals surface area contributed by atoms with E-state index < -0.39 is 5.82 Å². The van der Waals surface area contributed by atoms with Gasteiger partial charge in [-0.15, -0.1) is 0 Å². The first-order chi connectivity index (χ1) is 14.6. The number of fused-ring (bicyclic) bond motifs is 1. The molecule has 0 saturated carbocycles. The number of anilines is 1. The quantitative estimate of drug-likeness (QED) is 0.563. The molecule has 4 rings (SSSR count). The maximum Gasteiger partial charge on any atom is 0.319 e. The SMILES string of the molecule is CCCNC(=O)N1CCCCC1Nc1nc(-c2c[nH]c3ncc(Cl)cc23)ncc1F. The summed E-state index contributed by atoms with van der Waals surface area (Å²) in [5.41, 5.74) is 1.31. The molecule has 1 fully saturated rings. The molecular weight excluding hydrogens is 409 g/mol. The Hall–Kier alpha value is -2.94. The first-order valence-corrected chi connectivity index (χ1v) is 10.4. The maximum atomic E-state index is 14.5. The molecule has 3 aromatic heterocycles. The van der Waals surface area contributed by atoms with Gasteiger partial charge < -0.3 is 20.5 Å². The van der Waals surface area contributed by atoms with Gasteiger partial charge in [0.15, 0.2) is 17.5 Å². The number of aromatic amines is 1. The van der Waals surface area contributed by atoms with E-state index in [1.54, 1.807) is 23.4 Å². The second kappa shape index (κ2) is 8.83. The Balaban J connectivity index is 1.61. The van der Waals surface area contributed by atoms with Crippen LogP contribution in [0.15, 0.2) is 24.7 Å². The number of H-pyrrole nitrogens is 1. The first kappa shape index (κ1) is 20.3. The van der Waals surface area contributed by atoms with E-state index in [0.29, 0.717) is 41.6 Å². The summed E-state index contributed by atoms with van der Waals surface area (Å²) in [7, 11) is 0. The molecule has 3 N–H and O–H groups in total. The molecule has 1 aliphatic rings. The van der Waals surface area contributed by atoms with Crippen molar-refractivity contribution in [1.82, 2.24) is 30.2 Å². The topological polar surface area (TPSA) is 98.8 Å². The highest BCUT2D eigenvalue weighted by Gasteiger charge is 2.27. The van der Waals surface area contributed by atoms with Crippen molar-refractivity contribution in [3.8, 4) is 11.4 Å². The number of nitrogens with zero attached hydrogens (tertiary/aromatic N) is 4. The van der Waals surface area contributed by atoms with Crippen LogP contribution in [0.4, 0.5) is 15.0 Å². The number of nitrogens with one attached hydrogen (secondary N) is 3. The molecule has 30 heavy (non-hydrogen) atoms. The number of aromatic nitrogens is 4. The molecule has 0 bridgehead atoms. The van der Waals surface area contributed by atoms with Crippen molar-refractivity contribution in [3.05, 3.63) is 35.5 Å². The fourth-order valence-corrected chi connectivity index (χ4v) is 3.73. The Labute approximate surface area is 178 Å². The van der Waals surface area contributed by atoms with Crippen molar-refractivity contribution in [2.75, 3.05) is 18.4 Å². The van der Waals surface area contributed by atoms with Crippen LogP contribution in [0.2, 0.25) is 5.02 Å². The summed E-state index contributed by atoms with van der Waals surface area (Å²) in [5, 5.41) is 7.23. The van der Waals surface area contributed by atoms with Crippen LogP contribution in [0.25, 0.3) is 22.4 Å². The average Bonchev–Trinajstić information content (AvgIpc) is 3.17. The molecule has 1 unspecified atom stereocenters. The number of halogens is 2. The highest BCUT2D eigenvalue weighted by Crippen LogP contribution is 2.29. The number of likely N-dealkylation sites (tertiary alicyclic amines) is 1. The lowest BCUT2D eigenvalue weighted by atomic mass is 10.1. The molecule has 158 valence electrons. The van der Waals surface area contributed by atoms with Crippen LogP contribution in [-0.2, 0) is 0 Å². The van der Waals surface area contributed by atoms with Gasteiger partial charge in [0.2, 0.25) is 0 Å². The molecule has 0 aromatic carbocycles. The monoisotopic (exact) mass is 431 g/mol. The Bertz CT molecular complexity index is 1060. The van der Waals surface area contributed by atoms with Gasteiger partial charge in [-0.25, -0.2) is 24.1 Å². The minimum Gasteiger partial charge on any atom is -0.347 e. The van der Waals surface area contributed by atoms with E-state index in [1.807, 2.05) is 6.92 Å². The van der Waals surface area contributed by atoms with Crippen molar-refractivity contribution in [3.63, 3.8) is 0 Å². The summed E-state index contributed by atoms with van der Waals surface area (Å²) in [6.45, 7) is 3.21. The lowest BCUT2D eigenvalue weighted by Gasteiger charge is -2.36. The van der Waals surface area contributed by atoms with Crippen LogP contribution in [0, 0.1) is 5.82 Å². The fourth-order valence-electron chi connectivity index (χ4n) is 3.58. The van der Waals surface area contributed by atoms with Crippen LogP contribution in [-0.4, -0.2) is 50.1 Å². The zero-order chi connectivity index (χ0) is 21.1. The average molecular weight is 432 g/mol. The van der Waals surface area contributed by atoms with Crippen molar-refractivity contribution in [1.29, 1.82) is 0 Å². The third kappa shape index (κ3) is 4.16. The lowest BCUT2D eigenvalue weighted by Crippen LogP contribution is -2.52. The molecule has 1 atom stereocenters. The van der Waals surface area contributed by atoms with E-state index in [-0.39, 0.29) is 18.0 Å². The second-order valence-electron chi connectivity index (χ2n) is 7.22. The molecule has 1 saturated heterocycles. The van der Waals surface area contributed by atoms with Gasteiger partial charge in [-0.3, -0.25) is 0 Å². The summed E-state index contributed by atoms with van der Waals surface area (Å²) in [4.78, 5) is 30.0. The van der Waals surface area contributed by atoms with E-state index in [2.05, 4.69) is 30.6 Å². The summed E-state index contributed by atoms with van der Waals surface area (Å²) in [5.74, 6) is -0.175. The lowest BCUT2D eigenvalue weighted by molar-refractivity contribution is 0.161. The van der Waals surface area contributed by atoms with Crippen molar-refractivity contribution >= 4 is 34.5 Å². The number of hydrogen-bond donors (Lipinski definition) is 3. The van der Waals surface area contributed by atoms with Gasteiger partial charge in [0, 0.05) is 36.4 Å². The largest absolute Gasteiger partial charge is 0.347 e. The van der Waals surface area contributed by atoms with Crippen LogP contribution in [0.1, 0.15) is 32.6 Å². The van der Waals surface area contributed by atoms with Gasteiger partial charge in [0.25, 0.3) is 0 Å². The third-order valence-corrected chi connectivity index (χ3v) is 5.28. The second-order valence-corrected chi connectivity index (χ2v) is 7.66. The summed E-state index contributed by atoms with van der Waals surface area (Å²) < 4.78 is 14.5. The highest BCUT2D eigenvalue weighted by atomic mass is 35.5. The Morgan fingerprint density at radius 1 is 1.37 bits per heavy atom. The number of pyridine rings is 1. The van der Waals surface area contributed by atoms with E-state index in [0.717, 1.165) is 30.8 Å². The summed E-state index contributed by atoms with van der Waals surface area (Å²) in [6.07, 6.45) is 7.48. The molecule has 3 aromatic rings. The van der Waals surface area contributed by atoms with Crippen LogP contribution < -0.4 is 10.6 Å². The van der Waals surface area contributed by atoms with E-state index in [9.17, 15) is 9.18 Å². The molecule has 0 spiro atoms. The molecule has 0 radical (unpaired) electrons. The van der Waals surface area contributed by atoms with Crippen molar-refractivity contribution < 1.29 is 9.18 Å². The molecule has 0 aliphatic carbocycles. The number of amides is 2. The minimum atomic E-state index is -0.575. The molecule has 10 heteroatoms. The standard InChI is InChI=1S/C20H23ClFN7O/c1-2-6-23-20(30)29-7-4-3-5-16(29)27-19-15(22)11-26-18(28-19)14-10-25-17-13(14)8-12(21)9-24-17/h8-11,16H,2-7H2,1H3,(H,23,30)(H,24,25)(H,26,27,28). The van der Waals surface area contributed by atoms with Gasteiger partial charge in [0.1, 0.15) is 11.8 Å². The van der Waals surface area contributed by atoms with Gasteiger partial charge in [-0.1, -0.05) is 18.5 Å². The number of carbonyl (C=O) groups excluding carboxylic acids is 1. The number of hydrogen-bond acceptors (Lipinski definition) is 5. The summed E-state index contributed by atoms with van der Waals surface area (Å²) in [6, 6.07) is 1.61. The Kier molecular flexibility index (Phi) is 5.98. The normalized spacial score (nSPS) is 16.6. The summed E-state index contributed by atoms with van der Waals surface area (Å²) >= 11 is 6.07. The molecule has 2 amide bonds. The van der Waals surface area contributed by atoms with Crippen molar-refractivity contribution in [2.24, 2.45) is 0 Å². The number of rotatable bonds is 5. The zero-order valence-electron chi connectivity index (χ0n) is 16.6. The molecule has 8 nitrogen and oxygen atoms in total. The predicted molar refractivity (Wildman–Crippen MR) is 114 cm³/mol. The van der Waals surface area contributed by atoms with Gasteiger partial charge in [0.05, 0.1) is 11.2 Å². The van der Waals surface area contributed by atoms with Crippen LogP contribution >= 0.6 is 11.6 Å². The zero-order valence-corrected chi connectivity index (χ0v) is 17.3. The smallest absolute Gasteiger partial charge is 0.319 e. The Morgan fingerprint density at radius 2 is 2.23 bits per heavy atom.